The van der Waals surface area contributed by atoms with Crippen molar-refractivity contribution >= 4 is 21.6 Å². The van der Waals surface area contributed by atoms with Gasteiger partial charge >= 0.3 is 0 Å². The molecule has 1 aliphatic heterocycles. The van der Waals surface area contributed by atoms with Gasteiger partial charge in [-0.05, 0) is 63.7 Å². The second-order valence-corrected chi connectivity index (χ2v) is 7.02. The van der Waals surface area contributed by atoms with Gasteiger partial charge in [-0.1, -0.05) is 22.9 Å². The van der Waals surface area contributed by atoms with Crippen molar-refractivity contribution in [2.24, 2.45) is 0 Å². The SMILES string of the molecule is CCCNCc1cc(Br)ccc1N1CCCN(C)CC1C. The summed E-state index contributed by atoms with van der Waals surface area (Å²) in [6.07, 6.45) is 2.41. The van der Waals surface area contributed by atoms with Crippen molar-refractivity contribution in [3.63, 3.8) is 0 Å². The van der Waals surface area contributed by atoms with Crippen LogP contribution >= 0.6 is 15.9 Å². The molecule has 0 saturated carbocycles. The highest BCUT2D eigenvalue weighted by atomic mass is 79.9. The lowest BCUT2D eigenvalue weighted by Gasteiger charge is -2.32. The van der Waals surface area contributed by atoms with Crippen molar-refractivity contribution in [3.05, 3.63) is 28.2 Å². The van der Waals surface area contributed by atoms with Gasteiger partial charge in [0.05, 0.1) is 0 Å². The minimum absolute atomic E-state index is 0.559. The van der Waals surface area contributed by atoms with Gasteiger partial charge in [0.1, 0.15) is 0 Å². The molecule has 1 atom stereocenters. The minimum atomic E-state index is 0.559. The Morgan fingerprint density at radius 2 is 2.14 bits per heavy atom. The van der Waals surface area contributed by atoms with Gasteiger partial charge in [0, 0.05) is 35.8 Å². The van der Waals surface area contributed by atoms with Crippen LogP contribution in [0.2, 0.25) is 0 Å². The maximum atomic E-state index is 3.61. The number of benzene rings is 1. The highest BCUT2D eigenvalue weighted by Crippen LogP contribution is 2.27. The number of hydrogen-bond acceptors (Lipinski definition) is 3. The third-order valence-corrected chi connectivity index (χ3v) is 4.63. The van der Waals surface area contributed by atoms with E-state index >= 15 is 0 Å². The number of likely N-dealkylation sites (N-methyl/N-ethyl adjacent to an activating group) is 1. The molecule has 1 fully saturated rings. The third kappa shape index (κ3) is 4.70. The van der Waals surface area contributed by atoms with Crippen LogP contribution in [0.4, 0.5) is 5.69 Å². The van der Waals surface area contributed by atoms with E-state index in [4.69, 9.17) is 0 Å². The predicted octanol–water partition coefficient (Wildman–Crippen LogP) is 3.48. The Labute approximate surface area is 137 Å². The van der Waals surface area contributed by atoms with Crippen LogP contribution in [0.25, 0.3) is 0 Å². The van der Waals surface area contributed by atoms with Gasteiger partial charge < -0.3 is 15.1 Å². The summed E-state index contributed by atoms with van der Waals surface area (Å²) >= 11 is 3.61. The molecule has 1 heterocycles. The van der Waals surface area contributed by atoms with E-state index in [1.54, 1.807) is 0 Å². The predicted molar refractivity (Wildman–Crippen MR) is 95.1 cm³/mol. The number of anilines is 1. The van der Waals surface area contributed by atoms with Gasteiger partial charge in [0.2, 0.25) is 0 Å². The largest absolute Gasteiger partial charge is 0.367 e. The quantitative estimate of drug-likeness (QED) is 0.817. The molecule has 3 nitrogen and oxygen atoms in total. The van der Waals surface area contributed by atoms with Crippen LogP contribution in [0.3, 0.4) is 0 Å². The lowest BCUT2D eigenvalue weighted by Crippen LogP contribution is -2.38. The molecule has 0 spiro atoms. The number of halogens is 1. The van der Waals surface area contributed by atoms with Gasteiger partial charge in [0.25, 0.3) is 0 Å². The molecule has 21 heavy (non-hydrogen) atoms. The fraction of sp³-hybridized carbons (Fsp3) is 0.647. The van der Waals surface area contributed by atoms with E-state index in [2.05, 4.69) is 70.1 Å². The van der Waals surface area contributed by atoms with Crippen molar-refractivity contribution in [1.29, 1.82) is 0 Å². The van der Waals surface area contributed by atoms with Gasteiger partial charge in [-0.3, -0.25) is 0 Å². The van der Waals surface area contributed by atoms with E-state index in [1.807, 2.05) is 0 Å². The molecule has 1 N–H and O–H groups in total. The molecule has 1 aromatic rings. The van der Waals surface area contributed by atoms with E-state index in [1.165, 1.54) is 35.1 Å². The Balaban J connectivity index is 2.20. The van der Waals surface area contributed by atoms with E-state index < -0.39 is 0 Å². The zero-order valence-electron chi connectivity index (χ0n) is 13.5. The van der Waals surface area contributed by atoms with E-state index in [9.17, 15) is 0 Å². The third-order valence-electron chi connectivity index (χ3n) is 4.14. The Bertz CT molecular complexity index is 450. The maximum absolute atomic E-state index is 3.61. The summed E-state index contributed by atoms with van der Waals surface area (Å²) in [7, 11) is 2.23. The van der Waals surface area contributed by atoms with Crippen LogP contribution in [-0.4, -0.2) is 44.2 Å². The molecule has 2 rings (SSSR count). The molecule has 1 aromatic carbocycles. The summed E-state index contributed by atoms with van der Waals surface area (Å²) in [5.74, 6) is 0. The molecule has 0 radical (unpaired) electrons. The Hall–Kier alpha value is -0.580. The fourth-order valence-electron chi connectivity index (χ4n) is 3.11. The van der Waals surface area contributed by atoms with Crippen LogP contribution in [0.15, 0.2) is 22.7 Å². The molecule has 118 valence electrons. The second-order valence-electron chi connectivity index (χ2n) is 6.11. The summed E-state index contributed by atoms with van der Waals surface area (Å²) in [4.78, 5) is 5.03. The maximum Gasteiger partial charge on any atom is 0.0415 e. The lowest BCUT2D eigenvalue weighted by atomic mass is 10.1. The first kappa shape index (κ1) is 16.8. The molecule has 0 amide bonds. The van der Waals surface area contributed by atoms with Crippen LogP contribution in [-0.2, 0) is 6.54 Å². The molecule has 0 aromatic heterocycles. The Kier molecular flexibility index (Phi) is 6.52. The van der Waals surface area contributed by atoms with Crippen molar-refractivity contribution in [1.82, 2.24) is 10.2 Å². The summed E-state index contributed by atoms with van der Waals surface area (Å²) < 4.78 is 1.17. The number of hydrogen-bond donors (Lipinski definition) is 1. The van der Waals surface area contributed by atoms with E-state index in [0.717, 1.165) is 26.2 Å². The topological polar surface area (TPSA) is 18.5 Å². The lowest BCUT2D eigenvalue weighted by molar-refractivity contribution is 0.337. The molecule has 1 unspecified atom stereocenters. The van der Waals surface area contributed by atoms with Gasteiger partial charge in [-0.15, -0.1) is 0 Å². The average molecular weight is 354 g/mol. The Morgan fingerprint density at radius 1 is 1.33 bits per heavy atom. The van der Waals surface area contributed by atoms with E-state index in [0.29, 0.717) is 6.04 Å². The molecule has 1 aliphatic rings. The number of nitrogens with one attached hydrogen (secondary N) is 1. The molecule has 0 bridgehead atoms. The van der Waals surface area contributed by atoms with Crippen molar-refractivity contribution in [2.45, 2.75) is 39.3 Å². The molecule has 4 heteroatoms. The van der Waals surface area contributed by atoms with E-state index in [-0.39, 0.29) is 0 Å². The van der Waals surface area contributed by atoms with Crippen molar-refractivity contribution in [2.75, 3.05) is 38.1 Å². The summed E-state index contributed by atoms with van der Waals surface area (Å²) in [5, 5.41) is 3.54. The first-order valence-electron chi connectivity index (χ1n) is 8.06. The Morgan fingerprint density at radius 3 is 2.90 bits per heavy atom. The molecule has 1 saturated heterocycles. The average Bonchev–Trinajstić information content (AvgIpc) is 2.60. The first-order chi connectivity index (χ1) is 10.1. The molecular formula is C17H28BrN3. The highest BCUT2D eigenvalue weighted by molar-refractivity contribution is 9.10. The molecule has 0 aliphatic carbocycles. The fourth-order valence-corrected chi connectivity index (χ4v) is 3.51. The zero-order valence-corrected chi connectivity index (χ0v) is 15.1. The van der Waals surface area contributed by atoms with Gasteiger partial charge in [0.15, 0.2) is 0 Å². The van der Waals surface area contributed by atoms with Gasteiger partial charge in [-0.25, -0.2) is 0 Å². The normalized spacial score (nSPS) is 20.6. The first-order valence-corrected chi connectivity index (χ1v) is 8.85. The standard InChI is InChI=1S/C17H28BrN3/c1-4-8-19-12-15-11-16(18)6-7-17(15)21-10-5-9-20(3)13-14(21)2/h6-7,11,14,19H,4-5,8-10,12-13H2,1-3H3. The van der Waals surface area contributed by atoms with Crippen LogP contribution in [0.5, 0.6) is 0 Å². The smallest absolute Gasteiger partial charge is 0.0415 e. The zero-order chi connectivity index (χ0) is 15.2. The second kappa shape index (κ2) is 8.16. The monoisotopic (exact) mass is 353 g/mol. The highest BCUT2D eigenvalue weighted by Gasteiger charge is 2.21. The summed E-state index contributed by atoms with van der Waals surface area (Å²) in [6.45, 7) is 10.0. The van der Waals surface area contributed by atoms with Crippen molar-refractivity contribution < 1.29 is 0 Å². The summed E-state index contributed by atoms with van der Waals surface area (Å²) in [5.41, 5.74) is 2.79. The minimum Gasteiger partial charge on any atom is -0.367 e. The number of rotatable bonds is 5. The molecular weight excluding hydrogens is 326 g/mol. The van der Waals surface area contributed by atoms with Crippen LogP contribution in [0.1, 0.15) is 32.3 Å². The van der Waals surface area contributed by atoms with Crippen LogP contribution in [0, 0.1) is 0 Å². The van der Waals surface area contributed by atoms with Gasteiger partial charge in [-0.2, -0.15) is 0 Å². The summed E-state index contributed by atoms with van der Waals surface area (Å²) in [6, 6.07) is 7.26. The van der Waals surface area contributed by atoms with Crippen molar-refractivity contribution in [3.8, 4) is 0 Å². The number of nitrogens with zero attached hydrogens (tertiary/aromatic N) is 2. The van der Waals surface area contributed by atoms with Crippen LogP contribution < -0.4 is 10.2 Å².